The Kier molecular flexibility index (Phi) is 7.08. The lowest BCUT2D eigenvalue weighted by molar-refractivity contribution is -0.0125. The minimum atomic E-state index is 0. The van der Waals surface area contributed by atoms with Crippen molar-refractivity contribution in [3.05, 3.63) is 12.2 Å². The highest BCUT2D eigenvalue weighted by Gasteiger charge is 2.31. The van der Waals surface area contributed by atoms with Crippen molar-refractivity contribution in [1.29, 1.82) is 0 Å². The first-order valence-corrected chi connectivity index (χ1v) is 5.75. The fourth-order valence-corrected chi connectivity index (χ4v) is 1.72. The van der Waals surface area contributed by atoms with E-state index in [1.54, 1.807) is 0 Å². The predicted molar refractivity (Wildman–Crippen MR) is 82.9 cm³/mol. The summed E-state index contributed by atoms with van der Waals surface area (Å²) in [5.41, 5.74) is 6.72. The van der Waals surface area contributed by atoms with Crippen molar-refractivity contribution in [2.45, 2.75) is 45.3 Å². The fourth-order valence-electron chi connectivity index (χ4n) is 1.72. The van der Waals surface area contributed by atoms with Crippen molar-refractivity contribution in [2.24, 2.45) is 10.7 Å². The highest BCUT2D eigenvalue weighted by Crippen LogP contribution is 2.28. The lowest BCUT2D eigenvalue weighted by atomic mass is 10.1. The molecule has 0 bridgehead atoms. The molecule has 1 unspecified atom stereocenters. The SMILES string of the molecule is C=C(C)CN=C(N)NCC1CCC(C)(C)O1.I. The summed E-state index contributed by atoms with van der Waals surface area (Å²) < 4.78 is 5.83. The van der Waals surface area contributed by atoms with Gasteiger partial charge in [0.2, 0.25) is 0 Å². The molecule has 100 valence electrons. The average molecular weight is 353 g/mol. The molecule has 0 aromatic rings. The second-order valence-electron chi connectivity index (χ2n) is 5.08. The third-order valence-corrected chi connectivity index (χ3v) is 2.58. The number of nitrogens with two attached hydrogens (primary N) is 1. The Hall–Kier alpha value is -0.300. The van der Waals surface area contributed by atoms with Crippen LogP contribution >= 0.6 is 24.0 Å². The molecular formula is C12H24IN3O. The van der Waals surface area contributed by atoms with Crippen LogP contribution in [-0.4, -0.2) is 30.8 Å². The molecule has 17 heavy (non-hydrogen) atoms. The minimum absolute atomic E-state index is 0. The molecule has 3 N–H and O–H groups in total. The molecule has 0 aromatic heterocycles. The third-order valence-electron chi connectivity index (χ3n) is 2.58. The topological polar surface area (TPSA) is 59.6 Å². The first kappa shape index (κ1) is 16.7. The molecule has 0 saturated carbocycles. The number of aliphatic imine (C=N–C) groups is 1. The zero-order chi connectivity index (χ0) is 12.2. The number of rotatable bonds is 4. The highest BCUT2D eigenvalue weighted by molar-refractivity contribution is 14.0. The van der Waals surface area contributed by atoms with Gasteiger partial charge in [-0.05, 0) is 33.6 Å². The summed E-state index contributed by atoms with van der Waals surface area (Å²) in [6.45, 7) is 11.2. The molecule has 1 heterocycles. The van der Waals surface area contributed by atoms with Gasteiger partial charge in [-0.3, -0.25) is 0 Å². The van der Waals surface area contributed by atoms with Crippen LogP contribution in [0.25, 0.3) is 0 Å². The Morgan fingerprint density at radius 3 is 2.71 bits per heavy atom. The Balaban J connectivity index is 0.00000256. The van der Waals surface area contributed by atoms with E-state index in [4.69, 9.17) is 10.5 Å². The highest BCUT2D eigenvalue weighted by atomic mass is 127. The number of ether oxygens (including phenoxy) is 1. The van der Waals surface area contributed by atoms with Gasteiger partial charge in [0, 0.05) is 6.54 Å². The van der Waals surface area contributed by atoms with Crippen molar-refractivity contribution in [1.82, 2.24) is 5.32 Å². The van der Waals surface area contributed by atoms with Gasteiger partial charge in [-0.15, -0.1) is 24.0 Å². The fraction of sp³-hybridized carbons (Fsp3) is 0.750. The third kappa shape index (κ3) is 6.88. The summed E-state index contributed by atoms with van der Waals surface area (Å²) in [5.74, 6) is 0.469. The van der Waals surface area contributed by atoms with Crippen molar-refractivity contribution < 1.29 is 4.74 Å². The molecular weight excluding hydrogens is 329 g/mol. The Morgan fingerprint density at radius 2 is 2.24 bits per heavy atom. The number of hydrogen-bond donors (Lipinski definition) is 2. The molecule has 0 aliphatic carbocycles. The van der Waals surface area contributed by atoms with Gasteiger partial charge in [0.1, 0.15) is 0 Å². The number of hydrogen-bond acceptors (Lipinski definition) is 2. The average Bonchev–Trinajstić information content (AvgIpc) is 2.52. The molecule has 1 fully saturated rings. The molecule has 1 aliphatic rings. The van der Waals surface area contributed by atoms with Gasteiger partial charge in [-0.2, -0.15) is 0 Å². The van der Waals surface area contributed by atoms with Gasteiger partial charge >= 0.3 is 0 Å². The summed E-state index contributed by atoms with van der Waals surface area (Å²) in [4.78, 5) is 4.15. The van der Waals surface area contributed by atoms with E-state index in [1.165, 1.54) is 0 Å². The lowest BCUT2D eigenvalue weighted by Gasteiger charge is -2.19. The van der Waals surface area contributed by atoms with Crippen LogP contribution in [0.2, 0.25) is 0 Å². The molecule has 1 saturated heterocycles. The maximum absolute atomic E-state index is 5.83. The number of halogens is 1. The van der Waals surface area contributed by atoms with Crippen LogP contribution in [0.4, 0.5) is 0 Å². The monoisotopic (exact) mass is 353 g/mol. The molecule has 1 rings (SSSR count). The van der Waals surface area contributed by atoms with E-state index in [0.29, 0.717) is 12.5 Å². The van der Waals surface area contributed by atoms with E-state index in [0.717, 1.165) is 25.0 Å². The maximum atomic E-state index is 5.83. The summed E-state index contributed by atoms with van der Waals surface area (Å²) in [6, 6.07) is 0. The van der Waals surface area contributed by atoms with Crippen molar-refractivity contribution in [3.8, 4) is 0 Å². The van der Waals surface area contributed by atoms with E-state index in [1.807, 2.05) is 6.92 Å². The van der Waals surface area contributed by atoms with E-state index in [-0.39, 0.29) is 35.7 Å². The van der Waals surface area contributed by atoms with Crippen molar-refractivity contribution in [3.63, 3.8) is 0 Å². The first-order valence-electron chi connectivity index (χ1n) is 5.75. The summed E-state index contributed by atoms with van der Waals surface area (Å²) in [5, 5.41) is 3.08. The predicted octanol–water partition coefficient (Wildman–Crippen LogP) is 2.04. The number of guanidine groups is 1. The lowest BCUT2D eigenvalue weighted by Crippen LogP contribution is -2.38. The Bertz CT molecular complexity index is 289. The van der Waals surface area contributed by atoms with Gasteiger partial charge in [0.25, 0.3) is 0 Å². The second-order valence-corrected chi connectivity index (χ2v) is 5.08. The summed E-state index contributed by atoms with van der Waals surface area (Å²) in [7, 11) is 0. The Labute approximate surface area is 121 Å². The largest absolute Gasteiger partial charge is 0.371 e. The molecule has 1 aliphatic heterocycles. The van der Waals surface area contributed by atoms with Crippen LogP contribution in [-0.2, 0) is 4.74 Å². The van der Waals surface area contributed by atoms with Gasteiger partial charge in [-0.1, -0.05) is 12.2 Å². The zero-order valence-electron chi connectivity index (χ0n) is 11.0. The molecule has 0 radical (unpaired) electrons. The van der Waals surface area contributed by atoms with Gasteiger partial charge < -0.3 is 15.8 Å². The molecule has 0 aromatic carbocycles. The van der Waals surface area contributed by atoms with E-state index >= 15 is 0 Å². The van der Waals surface area contributed by atoms with Crippen LogP contribution in [0.3, 0.4) is 0 Å². The van der Waals surface area contributed by atoms with Crippen molar-refractivity contribution in [2.75, 3.05) is 13.1 Å². The summed E-state index contributed by atoms with van der Waals surface area (Å²) >= 11 is 0. The minimum Gasteiger partial charge on any atom is -0.371 e. The van der Waals surface area contributed by atoms with Crippen LogP contribution in [0.1, 0.15) is 33.6 Å². The van der Waals surface area contributed by atoms with Crippen LogP contribution in [0.5, 0.6) is 0 Å². The standard InChI is InChI=1S/C12H23N3O.HI/c1-9(2)7-14-11(13)15-8-10-5-6-12(3,4)16-10;/h10H,1,5-8H2,2-4H3,(H3,13,14,15);1H. The second kappa shape index (κ2) is 7.20. The Morgan fingerprint density at radius 1 is 1.59 bits per heavy atom. The van der Waals surface area contributed by atoms with Crippen LogP contribution in [0, 0.1) is 0 Å². The quantitative estimate of drug-likeness (QED) is 0.352. The first-order chi connectivity index (χ1) is 7.39. The maximum Gasteiger partial charge on any atom is 0.188 e. The van der Waals surface area contributed by atoms with E-state index in [2.05, 4.69) is 30.7 Å². The molecule has 0 amide bonds. The summed E-state index contributed by atoms with van der Waals surface area (Å²) in [6.07, 6.45) is 2.42. The number of nitrogens with one attached hydrogen (secondary N) is 1. The van der Waals surface area contributed by atoms with Gasteiger partial charge in [0.15, 0.2) is 5.96 Å². The molecule has 5 heteroatoms. The number of nitrogens with zero attached hydrogens (tertiary/aromatic N) is 1. The van der Waals surface area contributed by atoms with Crippen LogP contribution < -0.4 is 11.1 Å². The van der Waals surface area contributed by atoms with Gasteiger partial charge in [0.05, 0.1) is 18.2 Å². The van der Waals surface area contributed by atoms with Crippen molar-refractivity contribution >= 4 is 29.9 Å². The molecule has 0 spiro atoms. The van der Waals surface area contributed by atoms with Gasteiger partial charge in [-0.25, -0.2) is 4.99 Å². The molecule has 1 atom stereocenters. The smallest absolute Gasteiger partial charge is 0.188 e. The van der Waals surface area contributed by atoms with E-state index < -0.39 is 0 Å². The normalized spacial score (nSPS) is 23.0. The zero-order valence-corrected chi connectivity index (χ0v) is 13.3. The van der Waals surface area contributed by atoms with E-state index in [9.17, 15) is 0 Å². The van der Waals surface area contributed by atoms with Crippen LogP contribution in [0.15, 0.2) is 17.1 Å². The molecule has 4 nitrogen and oxygen atoms in total.